The Kier molecular flexibility index (Phi) is 3.66. The zero-order valence-electron chi connectivity index (χ0n) is 11.0. The largest absolute Gasteiger partial charge is 0.480 e. The van der Waals surface area contributed by atoms with E-state index in [9.17, 15) is 9.59 Å². The Labute approximate surface area is 125 Å². The lowest BCUT2D eigenvalue weighted by Crippen LogP contribution is -2.41. The van der Waals surface area contributed by atoms with Crippen LogP contribution in [-0.2, 0) is 4.79 Å². The number of carboxylic acid groups (broad SMARTS) is 1. The summed E-state index contributed by atoms with van der Waals surface area (Å²) in [5.41, 5.74) is 1.25. The summed E-state index contributed by atoms with van der Waals surface area (Å²) in [7, 11) is 0. The number of nitrogens with zero attached hydrogens (tertiary/aromatic N) is 3. The molecule has 1 saturated heterocycles. The van der Waals surface area contributed by atoms with Gasteiger partial charge in [-0.15, -0.1) is 11.8 Å². The van der Waals surface area contributed by atoms with Gasteiger partial charge in [-0.3, -0.25) is 4.79 Å². The first kappa shape index (κ1) is 13.7. The Hall–Kier alpha value is -2.28. The molecule has 1 unspecified atom stereocenters. The van der Waals surface area contributed by atoms with Gasteiger partial charge in [-0.05, 0) is 12.1 Å². The van der Waals surface area contributed by atoms with Crippen LogP contribution in [0.3, 0.4) is 0 Å². The van der Waals surface area contributed by atoms with Crippen LogP contribution in [0.15, 0.2) is 42.7 Å². The number of aromatic nitrogens is 2. The lowest BCUT2D eigenvalue weighted by atomic mass is 10.2. The topological polar surface area (TPSA) is 75.4 Å². The molecule has 6 nitrogen and oxygen atoms in total. The van der Waals surface area contributed by atoms with Crippen LogP contribution in [0.2, 0.25) is 0 Å². The quantitative estimate of drug-likeness (QED) is 0.929. The predicted molar refractivity (Wildman–Crippen MR) is 78.5 cm³/mol. The van der Waals surface area contributed by atoms with Gasteiger partial charge in [-0.25, -0.2) is 9.48 Å². The number of hydrogen-bond donors (Lipinski definition) is 1. The fourth-order valence-electron chi connectivity index (χ4n) is 2.17. The van der Waals surface area contributed by atoms with Gasteiger partial charge < -0.3 is 10.0 Å². The maximum Gasteiger partial charge on any atom is 0.327 e. The highest BCUT2D eigenvalue weighted by Gasteiger charge is 2.35. The first-order chi connectivity index (χ1) is 10.2. The molecule has 7 heteroatoms. The van der Waals surface area contributed by atoms with E-state index in [1.807, 2.05) is 30.3 Å². The summed E-state index contributed by atoms with van der Waals surface area (Å²) in [4.78, 5) is 24.9. The molecule has 1 amide bonds. The zero-order chi connectivity index (χ0) is 14.8. The van der Waals surface area contributed by atoms with Crippen molar-refractivity contribution < 1.29 is 14.7 Å². The minimum absolute atomic E-state index is 0.297. The van der Waals surface area contributed by atoms with Crippen molar-refractivity contribution >= 4 is 23.6 Å². The van der Waals surface area contributed by atoms with Crippen molar-refractivity contribution in [2.45, 2.75) is 6.04 Å². The number of amides is 1. The molecule has 0 spiro atoms. The molecule has 1 fully saturated rings. The molecule has 1 aromatic carbocycles. The summed E-state index contributed by atoms with van der Waals surface area (Å²) in [5.74, 6) is -0.446. The van der Waals surface area contributed by atoms with Crippen LogP contribution in [-0.4, -0.2) is 49.3 Å². The van der Waals surface area contributed by atoms with E-state index >= 15 is 0 Å². The van der Waals surface area contributed by atoms with Crippen LogP contribution in [0, 0.1) is 0 Å². The highest BCUT2D eigenvalue weighted by atomic mass is 32.2. The van der Waals surface area contributed by atoms with Crippen LogP contribution < -0.4 is 0 Å². The van der Waals surface area contributed by atoms with Crippen molar-refractivity contribution in [3.05, 3.63) is 48.3 Å². The standard InChI is InChI=1S/C14H13N3O3S/c18-13(16-9-21-8-12(16)14(19)20)10-6-15-17(7-10)11-4-2-1-3-5-11/h1-7,12H,8-9H2,(H,19,20). The summed E-state index contributed by atoms with van der Waals surface area (Å²) in [6.45, 7) is 0. The first-order valence-electron chi connectivity index (χ1n) is 6.38. The van der Waals surface area contributed by atoms with Gasteiger partial charge in [0.05, 0.1) is 23.3 Å². The van der Waals surface area contributed by atoms with Crippen molar-refractivity contribution in [3.63, 3.8) is 0 Å². The number of hydrogen-bond acceptors (Lipinski definition) is 4. The second-order valence-electron chi connectivity index (χ2n) is 4.64. The Morgan fingerprint density at radius 2 is 2.05 bits per heavy atom. The van der Waals surface area contributed by atoms with Gasteiger partial charge in [-0.2, -0.15) is 5.10 Å². The van der Waals surface area contributed by atoms with E-state index in [0.29, 0.717) is 17.2 Å². The molecule has 1 aromatic heterocycles. The fourth-order valence-corrected chi connectivity index (χ4v) is 3.31. The van der Waals surface area contributed by atoms with Gasteiger partial charge in [0.25, 0.3) is 5.91 Å². The van der Waals surface area contributed by atoms with Crippen molar-refractivity contribution in [2.24, 2.45) is 0 Å². The minimum Gasteiger partial charge on any atom is -0.480 e. The molecule has 2 aromatic rings. The monoisotopic (exact) mass is 303 g/mol. The average molecular weight is 303 g/mol. The van der Waals surface area contributed by atoms with E-state index in [1.165, 1.54) is 22.9 Å². The van der Waals surface area contributed by atoms with E-state index < -0.39 is 12.0 Å². The van der Waals surface area contributed by atoms with E-state index in [4.69, 9.17) is 5.11 Å². The molecule has 0 bridgehead atoms. The maximum absolute atomic E-state index is 12.4. The Balaban J connectivity index is 1.83. The molecule has 1 aliphatic rings. The summed E-state index contributed by atoms with van der Waals surface area (Å²) in [5, 5.41) is 13.3. The molecule has 3 rings (SSSR count). The van der Waals surface area contributed by atoms with Crippen molar-refractivity contribution in [1.29, 1.82) is 0 Å². The van der Waals surface area contributed by atoms with E-state index in [-0.39, 0.29) is 5.91 Å². The molecule has 0 aliphatic carbocycles. The molecular formula is C14H13N3O3S. The minimum atomic E-state index is -0.969. The van der Waals surface area contributed by atoms with Crippen LogP contribution in [0.1, 0.15) is 10.4 Å². The molecular weight excluding hydrogens is 290 g/mol. The molecule has 0 saturated carbocycles. The number of rotatable bonds is 3. The Bertz CT molecular complexity index is 671. The van der Waals surface area contributed by atoms with Gasteiger partial charge >= 0.3 is 5.97 Å². The van der Waals surface area contributed by atoms with E-state index in [1.54, 1.807) is 10.9 Å². The number of carbonyl (C=O) groups is 2. The van der Waals surface area contributed by atoms with Gasteiger partial charge in [0.15, 0.2) is 0 Å². The highest BCUT2D eigenvalue weighted by molar-refractivity contribution is 7.99. The summed E-state index contributed by atoms with van der Waals surface area (Å²) in [6.07, 6.45) is 3.09. The summed E-state index contributed by atoms with van der Waals surface area (Å²) < 4.78 is 1.60. The first-order valence-corrected chi connectivity index (χ1v) is 7.54. The third-order valence-electron chi connectivity index (χ3n) is 3.28. The van der Waals surface area contributed by atoms with Crippen LogP contribution >= 0.6 is 11.8 Å². The molecule has 21 heavy (non-hydrogen) atoms. The highest BCUT2D eigenvalue weighted by Crippen LogP contribution is 2.23. The number of carboxylic acids is 1. The molecule has 0 radical (unpaired) electrons. The third-order valence-corrected chi connectivity index (χ3v) is 4.29. The molecule has 108 valence electrons. The zero-order valence-corrected chi connectivity index (χ0v) is 11.9. The van der Waals surface area contributed by atoms with E-state index in [2.05, 4.69) is 5.10 Å². The number of benzene rings is 1. The number of para-hydroxylation sites is 1. The molecule has 1 aliphatic heterocycles. The number of thioether (sulfide) groups is 1. The van der Waals surface area contributed by atoms with Gasteiger partial charge in [0.2, 0.25) is 0 Å². The molecule has 1 atom stereocenters. The molecule has 1 N–H and O–H groups in total. The van der Waals surface area contributed by atoms with Crippen molar-refractivity contribution in [3.8, 4) is 5.69 Å². The van der Waals surface area contributed by atoms with Crippen LogP contribution in [0.4, 0.5) is 0 Å². The summed E-state index contributed by atoms with van der Waals surface area (Å²) in [6, 6.07) is 8.67. The number of aliphatic carboxylic acids is 1. The third kappa shape index (κ3) is 2.64. The predicted octanol–water partition coefficient (Wildman–Crippen LogP) is 1.47. The normalized spacial score (nSPS) is 17.9. The second kappa shape index (κ2) is 5.61. The Morgan fingerprint density at radius 3 is 2.76 bits per heavy atom. The van der Waals surface area contributed by atoms with Gasteiger partial charge in [0.1, 0.15) is 6.04 Å². The molecule has 2 heterocycles. The Morgan fingerprint density at radius 1 is 1.29 bits per heavy atom. The lowest BCUT2D eigenvalue weighted by molar-refractivity contribution is -0.140. The lowest BCUT2D eigenvalue weighted by Gasteiger charge is -2.19. The number of carbonyl (C=O) groups excluding carboxylic acids is 1. The fraction of sp³-hybridized carbons (Fsp3) is 0.214. The SMILES string of the molecule is O=C(O)C1CSCN1C(=O)c1cnn(-c2ccccc2)c1. The average Bonchev–Trinajstić information content (AvgIpc) is 3.17. The smallest absolute Gasteiger partial charge is 0.327 e. The summed E-state index contributed by atoms with van der Waals surface area (Å²) >= 11 is 1.44. The van der Waals surface area contributed by atoms with Crippen molar-refractivity contribution in [1.82, 2.24) is 14.7 Å². The van der Waals surface area contributed by atoms with Gasteiger partial charge in [0, 0.05) is 11.9 Å². The van der Waals surface area contributed by atoms with Crippen LogP contribution in [0.25, 0.3) is 5.69 Å². The van der Waals surface area contributed by atoms with Gasteiger partial charge in [-0.1, -0.05) is 18.2 Å². The van der Waals surface area contributed by atoms with Crippen LogP contribution in [0.5, 0.6) is 0 Å². The maximum atomic E-state index is 12.4. The second-order valence-corrected chi connectivity index (χ2v) is 5.64. The van der Waals surface area contributed by atoms with E-state index in [0.717, 1.165) is 5.69 Å². The van der Waals surface area contributed by atoms with Crippen molar-refractivity contribution in [2.75, 3.05) is 11.6 Å².